The monoisotopic (exact) mass is 362 g/mol. The predicted molar refractivity (Wildman–Crippen MR) is 72.7 cm³/mol. The molecule has 3 N–H and O–H groups in total. The molecule has 0 radical (unpaired) electrons. The molecule has 0 fully saturated rings. The number of rotatable bonds is 4. The Labute approximate surface area is 123 Å². The molecular weight excluding hydrogens is 353 g/mol. The van der Waals surface area contributed by atoms with Crippen molar-refractivity contribution in [3.8, 4) is 0 Å². The molecule has 0 aliphatic rings. The lowest BCUT2D eigenvalue weighted by Gasteiger charge is -2.15. The first-order chi connectivity index (χ1) is 7.87. The van der Waals surface area contributed by atoms with Crippen LogP contribution in [0.15, 0.2) is 22.7 Å². The van der Waals surface area contributed by atoms with Gasteiger partial charge in [-0.3, -0.25) is 4.79 Å². The van der Waals surface area contributed by atoms with E-state index in [1.165, 1.54) is 6.07 Å². The van der Waals surface area contributed by atoms with Gasteiger partial charge in [-0.2, -0.15) is 0 Å². The number of hydrogen-bond donors (Lipinski definition) is 2. The molecular formula is C10H11BrCl2F2N2O. The number of amides is 1. The summed E-state index contributed by atoms with van der Waals surface area (Å²) < 4.78 is 26.2. The fourth-order valence-corrected chi connectivity index (χ4v) is 1.63. The van der Waals surface area contributed by atoms with Crippen LogP contribution in [0.5, 0.6) is 0 Å². The van der Waals surface area contributed by atoms with E-state index in [1.54, 1.807) is 12.1 Å². The van der Waals surface area contributed by atoms with E-state index in [9.17, 15) is 13.6 Å². The maximum atomic E-state index is 12.8. The Bertz CT molecular complexity index is 432. The summed E-state index contributed by atoms with van der Waals surface area (Å²) in [6.07, 6.45) is 0. The molecule has 1 amide bonds. The van der Waals surface area contributed by atoms with E-state index in [0.29, 0.717) is 4.47 Å². The predicted octanol–water partition coefficient (Wildman–Crippen LogP) is 2.85. The molecule has 0 spiro atoms. The Hall–Kier alpha value is -0.430. The Morgan fingerprint density at radius 2 is 2.11 bits per heavy atom. The number of alkyl halides is 2. The molecule has 0 aliphatic heterocycles. The van der Waals surface area contributed by atoms with E-state index in [-0.39, 0.29) is 23.0 Å². The second-order valence-corrected chi connectivity index (χ2v) is 4.58. The lowest BCUT2D eigenvalue weighted by Crippen LogP contribution is -2.41. The summed E-state index contributed by atoms with van der Waals surface area (Å²) in [7, 11) is 0. The fraction of sp³-hybridized carbons (Fsp3) is 0.300. The highest BCUT2D eigenvalue weighted by Gasteiger charge is 2.27. The highest BCUT2D eigenvalue weighted by Crippen LogP contribution is 2.25. The highest BCUT2D eigenvalue weighted by molar-refractivity contribution is 9.10. The lowest BCUT2D eigenvalue weighted by molar-refractivity contribution is 0.0118. The summed E-state index contributed by atoms with van der Waals surface area (Å²) in [4.78, 5) is 11.6. The van der Waals surface area contributed by atoms with Crippen LogP contribution < -0.4 is 11.1 Å². The zero-order valence-electron chi connectivity index (χ0n) is 9.05. The van der Waals surface area contributed by atoms with Crippen molar-refractivity contribution in [1.29, 1.82) is 0 Å². The van der Waals surface area contributed by atoms with Crippen LogP contribution in [0, 0.1) is 0 Å². The third-order valence-corrected chi connectivity index (χ3v) is 3.30. The topological polar surface area (TPSA) is 55.1 Å². The fourth-order valence-electron chi connectivity index (χ4n) is 1.06. The molecule has 102 valence electrons. The minimum absolute atomic E-state index is 0. The standard InChI is InChI=1S/C10H10BrClF2N2O.ClH/c11-7-3-1-2-6(8(7)12)9(17)16-5-10(13,14)4-15;/h1-3H,4-5,15H2,(H,16,17);1H. The number of nitrogens with one attached hydrogen (secondary N) is 1. The zero-order valence-corrected chi connectivity index (χ0v) is 12.2. The van der Waals surface area contributed by atoms with Crippen LogP contribution in [0.4, 0.5) is 8.78 Å². The Balaban J connectivity index is 0.00000289. The molecule has 0 bridgehead atoms. The van der Waals surface area contributed by atoms with Crippen molar-refractivity contribution in [3.63, 3.8) is 0 Å². The summed E-state index contributed by atoms with van der Waals surface area (Å²) in [5.41, 5.74) is 4.98. The van der Waals surface area contributed by atoms with Crippen LogP contribution in [-0.4, -0.2) is 24.9 Å². The third kappa shape index (κ3) is 4.68. The molecule has 0 heterocycles. The van der Waals surface area contributed by atoms with Crippen molar-refractivity contribution >= 4 is 45.8 Å². The molecule has 0 unspecified atom stereocenters. The van der Waals surface area contributed by atoms with Crippen molar-refractivity contribution in [1.82, 2.24) is 5.32 Å². The van der Waals surface area contributed by atoms with Crippen LogP contribution in [0.3, 0.4) is 0 Å². The summed E-state index contributed by atoms with van der Waals surface area (Å²) in [6.45, 7) is -1.63. The molecule has 1 aromatic rings. The lowest BCUT2D eigenvalue weighted by atomic mass is 10.2. The van der Waals surface area contributed by atoms with Gasteiger partial charge in [0.25, 0.3) is 11.8 Å². The summed E-state index contributed by atoms with van der Waals surface area (Å²) in [5.74, 6) is -3.78. The number of benzene rings is 1. The van der Waals surface area contributed by atoms with Gasteiger partial charge in [0.2, 0.25) is 0 Å². The molecule has 3 nitrogen and oxygen atoms in total. The van der Waals surface area contributed by atoms with Gasteiger partial charge >= 0.3 is 0 Å². The first-order valence-corrected chi connectivity index (χ1v) is 5.84. The number of carbonyl (C=O) groups excluding carboxylic acids is 1. The van der Waals surface area contributed by atoms with Gasteiger partial charge in [-0.15, -0.1) is 12.4 Å². The van der Waals surface area contributed by atoms with Gasteiger partial charge in [-0.1, -0.05) is 17.7 Å². The number of nitrogens with two attached hydrogens (primary N) is 1. The quantitative estimate of drug-likeness (QED) is 0.864. The second-order valence-electron chi connectivity index (χ2n) is 3.34. The van der Waals surface area contributed by atoms with Crippen molar-refractivity contribution in [2.24, 2.45) is 5.73 Å². The van der Waals surface area contributed by atoms with E-state index in [4.69, 9.17) is 17.3 Å². The smallest absolute Gasteiger partial charge is 0.277 e. The summed E-state index contributed by atoms with van der Waals surface area (Å²) in [6, 6.07) is 4.68. The molecule has 1 rings (SSSR count). The third-order valence-electron chi connectivity index (χ3n) is 2.00. The average Bonchev–Trinajstić information content (AvgIpc) is 2.30. The van der Waals surface area contributed by atoms with Crippen molar-refractivity contribution < 1.29 is 13.6 Å². The summed E-state index contributed by atoms with van der Waals surface area (Å²) in [5, 5.41) is 2.27. The molecule has 0 saturated heterocycles. The SMILES string of the molecule is Cl.NCC(F)(F)CNC(=O)c1cccc(Br)c1Cl. The molecule has 0 aliphatic carbocycles. The number of hydrogen-bond acceptors (Lipinski definition) is 2. The number of carbonyl (C=O) groups is 1. The van der Waals surface area contributed by atoms with Crippen LogP contribution in [0.25, 0.3) is 0 Å². The molecule has 0 atom stereocenters. The Kier molecular flexibility index (Phi) is 7.06. The molecule has 18 heavy (non-hydrogen) atoms. The second kappa shape index (κ2) is 7.23. The average molecular weight is 364 g/mol. The minimum atomic E-state index is -3.12. The molecule has 0 saturated carbocycles. The van der Waals surface area contributed by atoms with Crippen LogP contribution in [-0.2, 0) is 0 Å². The first-order valence-electron chi connectivity index (χ1n) is 4.67. The van der Waals surface area contributed by atoms with Gasteiger partial charge < -0.3 is 11.1 Å². The van der Waals surface area contributed by atoms with Gasteiger partial charge in [-0.05, 0) is 28.1 Å². The van der Waals surface area contributed by atoms with Gasteiger partial charge in [0.1, 0.15) is 0 Å². The molecule has 0 aromatic heterocycles. The molecule has 1 aromatic carbocycles. The number of halogens is 5. The Morgan fingerprint density at radius 3 is 2.67 bits per heavy atom. The van der Waals surface area contributed by atoms with Crippen molar-refractivity contribution in [2.45, 2.75) is 5.92 Å². The Morgan fingerprint density at radius 1 is 1.50 bits per heavy atom. The zero-order chi connectivity index (χ0) is 13.1. The van der Waals surface area contributed by atoms with E-state index >= 15 is 0 Å². The van der Waals surface area contributed by atoms with E-state index < -0.39 is 24.9 Å². The van der Waals surface area contributed by atoms with Crippen LogP contribution in [0.1, 0.15) is 10.4 Å². The van der Waals surface area contributed by atoms with Crippen LogP contribution >= 0.6 is 39.9 Å². The van der Waals surface area contributed by atoms with Gasteiger partial charge in [-0.25, -0.2) is 8.78 Å². The normalized spacial score (nSPS) is 10.7. The van der Waals surface area contributed by atoms with Gasteiger partial charge in [0.05, 0.1) is 23.7 Å². The van der Waals surface area contributed by atoms with Gasteiger partial charge in [0, 0.05) is 4.47 Å². The van der Waals surface area contributed by atoms with Crippen molar-refractivity contribution in [2.75, 3.05) is 13.1 Å². The maximum absolute atomic E-state index is 12.8. The largest absolute Gasteiger partial charge is 0.346 e. The highest BCUT2D eigenvalue weighted by atomic mass is 79.9. The maximum Gasteiger partial charge on any atom is 0.277 e. The van der Waals surface area contributed by atoms with Crippen LogP contribution in [0.2, 0.25) is 5.02 Å². The van der Waals surface area contributed by atoms with E-state index in [0.717, 1.165) is 0 Å². The minimum Gasteiger partial charge on any atom is -0.346 e. The molecule has 8 heteroatoms. The first kappa shape index (κ1) is 17.6. The van der Waals surface area contributed by atoms with E-state index in [2.05, 4.69) is 21.2 Å². The van der Waals surface area contributed by atoms with E-state index in [1.807, 2.05) is 0 Å². The van der Waals surface area contributed by atoms with Crippen molar-refractivity contribution in [3.05, 3.63) is 33.3 Å². The van der Waals surface area contributed by atoms with Gasteiger partial charge in [0.15, 0.2) is 0 Å². The summed E-state index contributed by atoms with van der Waals surface area (Å²) >= 11 is 8.99.